The van der Waals surface area contributed by atoms with E-state index in [4.69, 9.17) is 8.92 Å². The van der Waals surface area contributed by atoms with Crippen molar-refractivity contribution in [3.8, 4) is 5.75 Å². The molecule has 0 spiro atoms. The summed E-state index contributed by atoms with van der Waals surface area (Å²) in [5.41, 5.74) is 3.68. The van der Waals surface area contributed by atoms with Crippen molar-refractivity contribution < 1.29 is 22.4 Å². The van der Waals surface area contributed by atoms with Crippen molar-refractivity contribution in [2.45, 2.75) is 30.6 Å². The number of ether oxygens (including phenoxy) is 1. The molecule has 0 radical (unpaired) electrons. The van der Waals surface area contributed by atoms with Crippen LogP contribution in [0.5, 0.6) is 5.75 Å². The van der Waals surface area contributed by atoms with Crippen LogP contribution >= 0.6 is 0 Å². The van der Waals surface area contributed by atoms with Gasteiger partial charge in [0, 0.05) is 11.6 Å². The van der Waals surface area contributed by atoms with E-state index in [0.29, 0.717) is 6.61 Å². The predicted octanol–water partition coefficient (Wildman–Crippen LogP) is 5.88. The van der Waals surface area contributed by atoms with E-state index in [9.17, 15) is 13.5 Å². The smallest absolute Gasteiger partial charge is 0.297 e. The van der Waals surface area contributed by atoms with Gasteiger partial charge in [0.15, 0.2) is 0 Å². The van der Waals surface area contributed by atoms with Crippen LogP contribution in [0, 0.1) is 6.92 Å². The Bertz CT molecular complexity index is 1600. The molecule has 5 aromatic rings. The Morgan fingerprint density at radius 1 is 0.816 bits per heavy atom. The molecular weight excluding hydrogens is 498 g/mol. The number of aliphatic hydroxyl groups is 1. The van der Waals surface area contributed by atoms with E-state index < -0.39 is 28.9 Å². The molecule has 0 saturated carbocycles. The maximum atomic E-state index is 12.8. The number of rotatable bonds is 10. The third kappa shape index (κ3) is 5.65. The molecule has 38 heavy (non-hydrogen) atoms. The number of benzene rings is 4. The van der Waals surface area contributed by atoms with Crippen LogP contribution in [0.3, 0.4) is 0 Å². The highest BCUT2D eigenvalue weighted by molar-refractivity contribution is 7.86. The Morgan fingerprint density at radius 2 is 1.50 bits per heavy atom. The lowest BCUT2D eigenvalue weighted by atomic mass is 10.0. The maximum Gasteiger partial charge on any atom is 0.297 e. The second kappa shape index (κ2) is 11.2. The summed E-state index contributed by atoms with van der Waals surface area (Å²) in [7, 11) is -4.03. The summed E-state index contributed by atoms with van der Waals surface area (Å²) in [6, 6.07) is 33.0. The van der Waals surface area contributed by atoms with Gasteiger partial charge in [0.1, 0.15) is 18.5 Å². The molecule has 0 bridgehead atoms. The Morgan fingerprint density at radius 3 is 2.21 bits per heavy atom. The highest BCUT2D eigenvalue weighted by Crippen LogP contribution is 2.33. The van der Waals surface area contributed by atoms with E-state index in [1.807, 2.05) is 103 Å². The van der Waals surface area contributed by atoms with Crippen molar-refractivity contribution in [3.05, 3.63) is 132 Å². The van der Waals surface area contributed by atoms with Gasteiger partial charge >= 0.3 is 0 Å². The molecule has 0 aliphatic carbocycles. The maximum absolute atomic E-state index is 12.8. The lowest BCUT2D eigenvalue weighted by Gasteiger charge is -2.26. The number of hydrogen-bond donors (Lipinski definition) is 1. The topological polar surface area (TPSA) is 77.8 Å². The van der Waals surface area contributed by atoms with E-state index in [2.05, 4.69) is 0 Å². The third-order valence-corrected chi connectivity index (χ3v) is 7.76. The van der Waals surface area contributed by atoms with Gasteiger partial charge in [-0.3, -0.25) is 4.18 Å². The van der Waals surface area contributed by atoms with Gasteiger partial charge in [0.05, 0.1) is 23.1 Å². The van der Waals surface area contributed by atoms with E-state index in [1.54, 1.807) is 12.1 Å². The number of aliphatic hydroxyl groups excluding tert-OH is 1. The third-order valence-electron chi connectivity index (χ3n) is 6.47. The summed E-state index contributed by atoms with van der Waals surface area (Å²) in [6.45, 7) is 1.91. The van der Waals surface area contributed by atoms with Gasteiger partial charge in [0.25, 0.3) is 10.1 Å². The first-order chi connectivity index (χ1) is 18.4. The van der Waals surface area contributed by atoms with E-state index in [1.165, 1.54) is 12.1 Å². The van der Waals surface area contributed by atoms with Gasteiger partial charge in [-0.15, -0.1) is 0 Å². The van der Waals surface area contributed by atoms with Crippen molar-refractivity contribution in [2.24, 2.45) is 0 Å². The van der Waals surface area contributed by atoms with Gasteiger partial charge < -0.3 is 14.4 Å². The zero-order chi connectivity index (χ0) is 26.5. The first-order valence-electron chi connectivity index (χ1n) is 12.4. The zero-order valence-corrected chi connectivity index (χ0v) is 21.8. The molecule has 4 aromatic carbocycles. The molecule has 2 atom stereocenters. The molecule has 0 saturated heterocycles. The van der Waals surface area contributed by atoms with Gasteiger partial charge in [0.2, 0.25) is 0 Å². The van der Waals surface area contributed by atoms with Crippen molar-refractivity contribution in [1.82, 2.24) is 4.57 Å². The number of hydrogen-bond acceptors (Lipinski definition) is 5. The minimum Gasteiger partial charge on any atom is -0.488 e. The van der Waals surface area contributed by atoms with Crippen LogP contribution in [0.4, 0.5) is 0 Å². The summed E-state index contributed by atoms with van der Waals surface area (Å²) in [4.78, 5) is 0.0539. The molecule has 1 N–H and O–H groups in total. The molecule has 0 amide bonds. The average molecular weight is 528 g/mol. The SMILES string of the molecule is Cc1ccc(S(=O)(=O)OCC(O)C(c2ccccc2)n2ccc3c(OCc4ccccc4)cccc32)cc1. The van der Waals surface area contributed by atoms with Gasteiger partial charge in [-0.2, -0.15) is 8.42 Å². The van der Waals surface area contributed by atoms with Gasteiger partial charge in [-0.25, -0.2) is 0 Å². The van der Waals surface area contributed by atoms with Crippen LogP contribution in [0.25, 0.3) is 10.9 Å². The lowest BCUT2D eigenvalue weighted by Crippen LogP contribution is -2.30. The molecule has 194 valence electrons. The monoisotopic (exact) mass is 527 g/mol. The van der Waals surface area contributed by atoms with Crippen molar-refractivity contribution in [3.63, 3.8) is 0 Å². The lowest BCUT2D eigenvalue weighted by molar-refractivity contribution is 0.0785. The molecule has 7 heteroatoms. The van der Waals surface area contributed by atoms with Gasteiger partial charge in [-0.1, -0.05) is 84.4 Å². The summed E-state index contributed by atoms with van der Waals surface area (Å²) in [6.07, 6.45) is 0.734. The summed E-state index contributed by atoms with van der Waals surface area (Å²) >= 11 is 0. The Balaban J connectivity index is 1.43. The average Bonchev–Trinajstić information content (AvgIpc) is 3.37. The van der Waals surface area contributed by atoms with Crippen LogP contribution < -0.4 is 4.74 Å². The largest absolute Gasteiger partial charge is 0.488 e. The zero-order valence-electron chi connectivity index (χ0n) is 21.0. The van der Waals surface area contributed by atoms with Crippen molar-refractivity contribution in [2.75, 3.05) is 6.61 Å². The first kappa shape index (κ1) is 25.7. The number of aromatic nitrogens is 1. The molecule has 0 fully saturated rings. The van der Waals surface area contributed by atoms with Crippen molar-refractivity contribution >= 4 is 21.0 Å². The predicted molar refractivity (Wildman–Crippen MR) is 148 cm³/mol. The van der Waals surface area contributed by atoms with E-state index >= 15 is 0 Å². The fourth-order valence-electron chi connectivity index (χ4n) is 4.51. The number of nitrogens with zero attached hydrogens (tertiary/aromatic N) is 1. The first-order valence-corrected chi connectivity index (χ1v) is 13.8. The van der Waals surface area contributed by atoms with Crippen LogP contribution in [0.1, 0.15) is 22.7 Å². The Kier molecular flexibility index (Phi) is 7.60. The molecule has 5 rings (SSSR count). The van der Waals surface area contributed by atoms with Gasteiger partial charge in [-0.05, 0) is 48.4 Å². The Labute approximate surface area is 222 Å². The van der Waals surface area contributed by atoms with Crippen LogP contribution in [0.2, 0.25) is 0 Å². The standard InChI is InChI=1S/C31H29NO5S/c1-23-15-17-26(18-16-23)38(34,35)37-22-29(33)31(25-11-6-3-7-12-25)32-20-19-27-28(32)13-8-14-30(27)36-21-24-9-4-2-5-10-24/h2-20,29,31,33H,21-22H2,1H3. The minimum atomic E-state index is -4.03. The highest BCUT2D eigenvalue weighted by atomic mass is 32.2. The minimum absolute atomic E-state index is 0.0539. The summed E-state index contributed by atoms with van der Waals surface area (Å²) in [5.74, 6) is 0.726. The normalized spacial score (nSPS) is 13.3. The molecule has 1 heterocycles. The fourth-order valence-corrected chi connectivity index (χ4v) is 5.43. The molecule has 0 aliphatic rings. The van der Waals surface area contributed by atoms with Crippen LogP contribution in [0.15, 0.2) is 120 Å². The number of fused-ring (bicyclic) bond motifs is 1. The number of aryl methyl sites for hydroxylation is 1. The Hall–Kier alpha value is -3.91. The quantitative estimate of drug-likeness (QED) is 0.229. The molecule has 6 nitrogen and oxygen atoms in total. The second-order valence-corrected chi connectivity index (χ2v) is 10.8. The second-order valence-electron chi connectivity index (χ2n) is 9.16. The van der Waals surface area contributed by atoms with Crippen LogP contribution in [-0.4, -0.2) is 30.8 Å². The molecule has 0 aliphatic heterocycles. The molecule has 1 aromatic heterocycles. The van der Waals surface area contributed by atoms with E-state index in [0.717, 1.165) is 33.3 Å². The fraction of sp³-hybridized carbons (Fsp3) is 0.161. The summed E-state index contributed by atoms with van der Waals surface area (Å²) in [5, 5.41) is 12.2. The molecule has 2 unspecified atom stereocenters. The van der Waals surface area contributed by atoms with Crippen LogP contribution in [-0.2, 0) is 20.9 Å². The summed E-state index contributed by atoms with van der Waals surface area (Å²) < 4.78 is 39.0. The highest BCUT2D eigenvalue weighted by Gasteiger charge is 2.27. The van der Waals surface area contributed by atoms with Crippen molar-refractivity contribution in [1.29, 1.82) is 0 Å². The van der Waals surface area contributed by atoms with E-state index in [-0.39, 0.29) is 4.90 Å². The molecular formula is C31H29NO5S.